The number of hydrogen-bond acceptors (Lipinski definition) is 8. The zero-order valence-electron chi connectivity index (χ0n) is 17.1. The van der Waals surface area contributed by atoms with Gasteiger partial charge in [-0.1, -0.05) is 11.3 Å². The molecule has 0 fully saturated rings. The van der Waals surface area contributed by atoms with E-state index in [-0.39, 0.29) is 23.8 Å². The minimum atomic E-state index is -1.33. The summed E-state index contributed by atoms with van der Waals surface area (Å²) in [5.74, 6) is -1.40. The molecule has 0 bridgehead atoms. The number of carbonyl (C=O) groups is 3. The number of esters is 2. The summed E-state index contributed by atoms with van der Waals surface area (Å²) in [6.07, 6.45) is 2.66. The molecule has 1 unspecified atom stereocenters. The van der Waals surface area contributed by atoms with Crippen LogP contribution >= 0.6 is 11.3 Å². The summed E-state index contributed by atoms with van der Waals surface area (Å²) in [7, 11) is 0. The maximum atomic E-state index is 12.6. The van der Waals surface area contributed by atoms with E-state index >= 15 is 0 Å². The van der Waals surface area contributed by atoms with Gasteiger partial charge in [-0.05, 0) is 46.8 Å². The molecule has 2 aromatic heterocycles. The van der Waals surface area contributed by atoms with Crippen LogP contribution in [0.25, 0.3) is 5.13 Å². The number of carbonyl (C=O) groups excluding carboxylic acids is 3. The molecule has 9 nitrogen and oxygen atoms in total. The second-order valence-corrected chi connectivity index (χ2v) is 7.83. The monoisotopic (exact) mass is 423 g/mol. The molecule has 2 heterocycles. The van der Waals surface area contributed by atoms with Crippen LogP contribution in [-0.4, -0.2) is 46.4 Å². The lowest BCUT2D eigenvalue weighted by Crippen LogP contribution is -2.39. The second kappa shape index (κ2) is 9.55. The van der Waals surface area contributed by atoms with Gasteiger partial charge in [0.2, 0.25) is 0 Å². The normalized spacial score (nSPS) is 12.2. The molecule has 29 heavy (non-hydrogen) atoms. The Labute approximate surface area is 173 Å². The lowest BCUT2D eigenvalue weighted by molar-refractivity contribution is -0.145. The van der Waals surface area contributed by atoms with Gasteiger partial charge in [0.25, 0.3) is 0 Å². The van der Waals surface area contributed by atoms with E-state index in [1.54, 1.807) is 63.7 Å². The first-order valence-corrected chi connectivity index (χ1v) is 9.95. The van der Waals surface area contributed by atoms with Gasteiger partial charge in [0, 0.05) is 12.4 Å². The van der Waals surface area contributed by atoms with Gasteiger partial charge < -0.3 is 24.1 Å². The summed E-state index contributed by atoms with van der Waals surface area (Å²) >= 11 is 1.05. The van der Waals surface area contributed by atoms with E-state index < -0.39 is 29.7 Å². The minimum absolute atomic E-state index is 0.0430. The van der Waals surface area contributed by atoms with Crippen LogP contribution in [0.1, 0.15) is 56.0 Å². The van der Waals surface area contributed by atoms with Crippen molar-refractivity contribution in [3.05, 3.63) is 35.1 Å². The first-order valence-electron chi connectivity index (χ1n) is 9.13. The molecule has 0 aliphatic carbocycles. The Bertz CT molecular complexity index is 854. The largest absolute Gasteiger partial charge is 0.464 e. The van der Waals surface area contributed by atoms with Crippen LogP contribution < -0.4 is 5.32 Å². The molecule has 0 saturated heterocycles. The number of thiazole rings is 1. The van der Waals surface area contributed by atoms with Gasteiger partial charge in [0.15, 0.2) is 11.2 Å². The van der Waals surface area contributed by atoms with Crippen LogP contribution in [0.4, 0.5) is 4.79 Å². The highest BCUT2D eigenvalue weighted by molar-refractivity contribution is 7.16. The third-order valence-corrected chi connectivity index (χ3v) is 4.45. The summed E-state index contributed by atoms with van der Waals surface area (Å²) in [5, 5.41) is 2.90. The van der Waals surface area contributed by atoms with Crippen molar-refractivity contribution in [2.75, 3.05) is 13.2 Å². The van der Waals surface area contributed by atoms with Crippen LogP contribution in [0, 0.1) is 0 Å². The number of ether oxygens (including phenoxy) is 3. The molecule has 10 heteroatoms. The van der Waals surface area contributed by atoms with Crippen LogP contribution in [-0.2, 0) is 19.0 Å². The Hall–Kier alpha value is -2.88. The molecule has 1 atom stereocenters. The van der Waals surface area contributed by atoms with Crippen molar-refractivity contribution < 1.29 is 28.6 Å². The van der Waals surface area contributed by atoms with Crippen LogP contribution in [0.15, 0.2) is 24.5 Å². The lowest BCUT2D eigenvalue weighted by Gasteiger charge is -2.22. The molecule has 1 N–H and O–H groups in total. The average Bonchev–Trinajstić information content (AvgIpc) is 3.28. The Balaban J connectivity index is 2.47. The maximum Gasteiger partial charge on any atom is 0.408 e. The molecule has 0 saturated carbocycles. The standard InChI is InChI=1S/C19H25N3O6S/c1-6-26-15(23)13(21-18(25)28-19(3,4)5)12-14(16(24)27-7-2)29-17(20-12)22-10-8-9-11-22/h8-11,13H,6-7H2,1-5H3,(H,21,25). The van der Waals surface area contributed by atoms with E-state index in [1.807, 2.05) is 0 Å². The number of aromatic nitrogens is 2. The zero-order chi connectivity index (χ0) is 21.6. The van der Waals surface area contributed by atoms with Crippen molar-refractivity contribution >= 4 is 29.4 Å². The molecular formula is C19H25N3O6S. The summed E-state index contributed by atoms with van der Waals surface area (Å²) in [5.41, 5.74) is -0.729. The molecule has 0 aliphatic rings. The fourth-order valence-corrected chi connectivity index (χ4v) is 3.29. The third kappa shape index (κ3) is 6.05. The average molecular weight is 423 g/mol. The number of amides is 1. The minimum Gasteiger partial charge on any atom is -0.464 e. The summed E-state index contributed by atoms with van der Waals surface area (Å²) in [6, 6.07) is 2.27. The number of hydrogen-bond donors (Lipinski definition) is 1. The lowest BCUT2D eigenvalue weighted by atomic mass is 10.2. The van der Waals surface area contributed by atoms with E-state index in [0.717, 1.165) is 11.3 Å². The quantitative estimate of drug-likeness (QED) is 0.538. The molecule has 0 spiro atoms. The van der Waals surface area contributed by atoms with Crippen molar-refractivity contribution in [2.45, 2.75) is 46.3 Å². The van der Waals surface area contributed by atoms with Crippen molar-refractivity contribution in [2.24, 2.45) is 0 Å². The topological polar surface area (TPSA) is 109 Å². The number of rotatable bonds is 7. The molecule has 158 valence electrons. The van der Waals surface area contributed by atoms with E-state index in [2.05, 4.69) is 10.3 Å². The number of alkyl carbamates (subject to hydrolysis) is 1. The van der Waals surface area contributed by atoms with Gasteiger partial charge in [-0.15, -0.1) is 0 Å². The predicted molar refractivity (Wildman–Crippen MR) is 106 cm³/mol. The molecular weight excluding hydrogens is 398 g/mol. The Morgan fingerprint density at radius 3 is 2.31 bits per heavy atom. The molecule has 0 aromatic carbocycles. The second-order valence-electron chi connectivity index (χ2n) is 6.85. The van der Waals surface area contributed by atoms with Crippen molar-refractivity contribution in [3.8, 4) is 5.13 Å². The highest BCUT2D eigenvalue weighted by Crippen LogP contribution is 2.29. The molecule has 0 radical (unpaired) electrons. The first-order chi connectivity index (χ1) is 13.7. The van der Waals surface area contributed by atoms with E-state index in [9.17, 15) is 14.4 Å². The van der Waals surface area contributed by atoms with Crippen LogP contribution in [0.3, 0.4) is 0 Å². The fourth-order valence-electron chi connectivity index (χ4n) is 2.32. The fraction of sp³-hybridized carbons (Fsp3) is 0.474. The predicted octanol–water partition coefficient (Wildman–Crippen LogP) is 3.24. The van der Waals surface area contributed by atoms with Gasteiger partial charge >= 0.3 is 18.0 Å². The van der Waals surface area contributed by atoms with E-state index in [0.29, 0.717) is 5.13 Å². The van der Waals surface area contributed by atoms with Gasteiger partial charge in [-0.2, -0.15) is 0 Å². The Kier molecular flexibility index (Phi) is 7.38. The number of nitrogens with zero attached hydrogens (tertiary/aromatic N) is 2. The smallest absolute Gasteiger partial charge is 0.408 e. The van der Waals surface area contributed by atoms with Gasteiger partial charge in [0.1, 0.15) is 16.2 Å². The highest BCUT2D eigenvalue weighted by atomic mass is 32.1. The first kappa shape index (κ1) is 22.4. The highest BCUT2D eigenvalue weighted by Gasteiger charge is 2.34. The molecule has 2 rings (SSSR count). The van der Waals surface area contributed by atoms with E-state index in [1.165, 1.54) is 0 Å². The molecule has 2 aromatic rings. The van der Waals surface area contributed by atoms with Gasteiger partial charge in [0.05, 0.1) is 13.2 Å². The molecule has 0 aliphatic heterocycles. The summed E-state index contributed by atoms with van der Waals surface area (Å²) < 4.78 is 17.1. The molecule has 1 amide bonds. The Morgan fingerprint density at radius 1 is 1.14 bits per heavy atom. The Morgan fingerprint density at radius 2 is 1.76 bits per heavy atom. The van der Waals surface area contributed by atoms with Crippen molar-refractivity contribution in [3.63, 3.8) is 0 Å². The van der Waals surface area contributed by atoms with E-state index in [4.69, 9.17) is 14.2 Å². The third-order valence-electron chi connectivity index (χ3n) is 3.39. The number of nitrogens with one attached hydrogen (secondary N) is 1. The van der Waals surface area contributed by atoms with Gasteiger partial charge in [-0.3, -0.25) is 0 Å². The van der Waals surface area contributed by atoms with Crippen LogP contribution in [0.2, 0.25) is 0 Å². The maximum absolute atomic E-state index is 12.6. The van der Waals surface area contributed by atoms with Crippen molar-refractivity contribution in [1.82, 2.24) is 14.9 Å². The van der Waals surface area contributed by atoms with Crippen LogP contribution in [0.5, 0.6) is 0 Å². The van der Waals surface area contributed by atoms with Gasteiger partial charge in [-0.25, -0.2) is 19.4 Å². The SMILES string of the molecule is CCOC(=O)c1sc(-n2cccc2)nc1C(NC(=O)OC(C)(C)C)C(=O)OCC. The summed E-state index contributed by atoms with van der Waals surface area (Å²) in [6.45, 7) is 8.65. The van der Waals surface area contributed by atoms with Crippen molar-refractivity contribution in [1.29, 1.82) is 0 Å². The zero-order valence-corrected chi connectivity index (χ0v) is 17.9. The summed E-state index contributed by atoms with van der Waals surface area (Å²) in [4.78, 5) is 41.9.